The zero-order valence-electron chi connectivity index (χ0n) is 12.5. The molecular weight excluding hydrogens is 290 g/mol. The molecule has 20 heavy (non-hydrogen) atoms. The summed E-state index contributed by atoms with van der Waals surface area (Å²) in [6.07, 6.45) is 1.09. The van der Waals surface area contributed by atoms with Crippen molar-refractivity contribution in [2.45, 2.75) is 26.3 Å². The molecule has 3 nitrogen and oxygen atoms in total. The molecular formula is C15H22ClN3S. The first kappa shape index (κ1) is 15.5. The van der Waals surface area contributed by atoms with E-state index in [1.165, 1.54) is 0 Å². The molecule has 1 heterocycles. The highest BCUT2D eigenvalue weighted by Crippen LogP contribution is 2.26. The standard InChI is InChI=1S/C15H22ClN3S/c1-10(2)7-12(9-18(3)4)19-14-8-11(16)5-6-13(14)17-15(19)20/h5-6,8,10,12H,7,9H2,1-4H3,(H,17,20). The molecule has 0 aliphatic heterocycles. The van der Waals surface area contributed by atoms with Crippen LogP contribution in [0, 0.1) is 10.7 Å². The van der Waals surface area contributed by atoms with Gasteiger partial charge >= 0.3 is 0 Å². The summed E-state index contributed by atoms with van der Waals surface area (Å²) in [5.41, 5.74) is 2.14. The van der Waals surface area contributed by atoms with Gasteiger partial charge in [0.2, 0.25) is 0 Å². The number of likely N-dealkylation sites (N-methyl/N-ethyl adjacent to an activating group) is 1. The summed E-state index contributed by atoms with van der Waals surface area (Å²) in [5, 5.41) is 0.744. The molecule has 0 amide bonds. The highest BCUT2D eigenvalue weighted by Gasteiger charge is 2.18. The van der Waals surface area contributed by atoms with Crippen molar-refractivity contribution in [2.24, 2.45) is 5.92 Å². The van der Waals surface area contributed by atoms with E-state index in [0.29, 0.717) is 12.0 Å². The van der Waals surface area contributed by atoms with E-state index in [4.69, 9.17) is 23.8 Å². The van der Waals surface area contributed by atoms with Gasteiger partial charge in [-0.05, 0) is 56.9 Å². The van der Waals surface area contributed by atoms with Gasteiger partial charge in [0.15, 0.2) is 4.77 Å². The lowest BCUT2D eigenvalue weighted by molar-refractivity contribution is 0.291. The maximum Gasteiger partial charge on any atom is 0.178 e. The number of aromatic amines is 1. The topological polar surface area (TPSA) is 24.0 Å². The number of aromatic nitrogens is 2. The molecule has 2 rings (SSSR count). The lowest BCUT2D eigenvalue weighted by atomic mass is 10.0. The third-order valence-corrected chi connectivity index (χ3v) is 3.90. The minimum atomic E-state index is 0.352. The van der Waals surface area contributed by atoms with E-state index in [1.807, 2.05) is 18.2 Å². The summed E-state index contributed by atoms with van der Waals surface area (Å²) in [5.74, 6) is 0.617. The molecule has 1 atom stereocenters. The highest BCUT2D eigenvalue weighted by atomic mass is 35.5. The minimum absolute atomic E-state index is 0.352. The Morgan fingerprint density at radius 2 is 2.05 bits per heavy atom. The van der Waals surface area contributed by atoms with Gasteiger partial charge < -0.3 is 14.5 Å². The normalized spacial score (nSPS) is 13.6. The van der Waals surface area contributed by atoms with Gasteiger partial charge in [0, 0.05) is 17.6 Å². The Morgan fingerprint density at radius 1 is 1.35 bits per heavy atom. The second-order valence-electron chi connectivity index (χ2n) is 6.01. The van der Waals surface area contributed by atoms with Gasteiger partial charge in [0.1, 0.15) is 0 Å². The van der Waals surface area contributed by atoms with Gasteiger partial charge in [-0.25, -0.2) is 0 Å². The molecule has 5 heteroatoms. The molecule has 1 aromatic heterocycles. The van der Waals surface area contributed by atoms with Crippen LogP contribution in [0.25, 0.3) is 11.0 Å². The Kier molecular flexibility index (Phi) is 4.89. The molecule has 110 valence electrons. The maximum atomic E-state index is 6.14. The van der Waals surface area contributed by atoms with Gasteiger partial charge in [-0.1, -0.05) is 25.4 Å². The monoisotopic (exact) mass is 311 g/mol. The minimum Gasteiger partial charge on any atom is -0.331 e. The number of H-pyrrole nitrogens is 1. The number of imidazole rings is 1. The van der Waals surface area contributed by atoms with Crippen molar-refractivity contribution in [3.8, 4) is 0 Å². The molecule has 0 spiro atoms. The second-order valence-corrected chi connectivity index (χ2v) is 6.83. The first-order valence-corrected chi connectivity index (χ1v) is 7.71. The number of halogens is 1. The third kappa shape index (κ3) is 3.43. The zero-order chi connectivity index (χ0) is 14.9. The smallest absolute Gasteiger partial charge is 0.178 e. The van der Waals surface area contributed by atoms with Crippen LogP contribution in [0.3, 0.4) is 0 Å². The first-order valence-electron chi connectivity index (χ1n) is 6.93. The van der Waals surface area contributed by atoms with Crippen LogP contribution in [0.1, 0.15) is 26.3 Å². The summed E-state index contributed by atoms with van der Waals surface area (Å²) in [7, 11) is 4.19. The molecule has 1 unspecified atom stereocenters. The Bertz CT molecular complexity index is 632. The number of nitrogens with zero attached hydrogens (tertiary/aromatic N) is 2. The molecule has 0 saturated heterocycles. The van der Waals surface area contributed by atoms with Crippen molar-refractivity contribution in [1.29, 1.82) is 0 Å². The fourth-order valence-corrected chi connectivity index (χ4v) is 3.21. The fourth-order valence-electron chi connectivity index (χ4n) is 2.68. The van der Waals surface area contributed by atoms with Crippen LogP contribution in [-0.2, 0) is 0 Å². The summed E-state index contributed by atoms with van der Waals surface area (Å²) < 4.78 is 2.99. The third-order valence-electron chi connectivity index (χ3n) is 3.36. The average molecular weight is 312 g/mol. The van der Waals surface area contributed by atoms with Crippen LogP contribution in [0.15, 0.2) is 18.2 Å². The quantitative estimate of drug-likeness (QED) is 0.822. The molecule has 0 fully saturated rings. The molecule has 0 aliphatic carbocycles. The highest BCUT2D eigenvalue weighted by molar-refractivity contribution is 7.71. The lowest BCUT2D eigenvalue weighted by Gasteiger charge is -2.25. The molecule has 0 bridgehead atoms. The molecule has 0 aliphatic rings. The van der Waals surface area contributed by atoms with Crippen LogP contribution in [-0.4, -0.2) is 35.1 Å². The summed E-state index contributed by atoms with van der Waals surface area (Å²) in [6.45, 7) is 5.45. The van der Waals surface area contributed by atoms with Crippen LogP contribution in [0.2, 0.25) is 5.02 Å². The van der Waals surface area contributed by atoms with Crippen LogP contribution < -0.4 is 0 Å². The van der Waals surface area contributed by atoms with Crippen molar-refractivity contribution in [2.75, 3.05) is 20.6 Å². The van der Waals surface area contributed by atoms with E-state index in [0.717, 1.165) is 33.8 Å². The van der Waals surface area contributed by atoms with Gasteiger partial charge in [-0.2, -0.15) is 0 Å². The van der Waals surface area contributed by atoms with E-state index < -0.39 is 0 Å². The Labute approximate surface area is 130 Å². The van der Waals surface area contributed by atoms with Crippen molar-refractivity contribution in [3.63, 3.8) is 0 Å². The largest absolute Gasteiger partial charge is 0.331 e. The van der Waals surface area contributed by atoms with E-state index in [2.05, 4.69) is 42.4 Å². The second kappa shape index (κ2) is 6.29. The van der Waals surface area contributed by atoms with Gasteiger partial charge in [0.25, 0.3) is 0 Å². The number of hydrogen-bond donors (Lipinski definition) is 1. The molecule has 1 aromatic carbocycles. The number of nitrogens with one attached hydrogen (secondary N) is 1. The summed E-state index contributed by atoms with van der Waals surface area (Å²) >= 11 is 11.7. The van der Waals surface area contributed by atoms with Crippen molar-refractivity contribution in [1.82, 2.24) is 14.5 Å². The fraction of sp³-hybridized carbons (Fsp3) is 0.533. The molecule has 0 saturated carbocycles. The number of hydrogen-bond acceptors (Lipinski definition) is 2. The van der Waals surface area contributed by atoms with Crippen molar-refractivity contribution < 1.29 is 0 Å². The Balaban J connectivity index is 2.53. The maximum absolute atomic E-state index is 6.14. The average Bonchev–Trinajstić information content (AvgIpc) is 2.62. The van der Waals surface area contributed by atoms with Gasteiger partial charge in [-0.15, -0.1) is 0 Å². The van der Waals surface area contributed by atoms with Crippen LogP contribution in [0.5, 0.6) is 0 Å². The Morgan fingerprint density at radius 3 is 2.65 bits per heavy atom. The van der Waals surface area contributed by atoms with E-state index in [9.17, 15) is 0 Å². The molecule has 0 radical (unpaired) electrons. The van der Waals surface area contributed by atoms with Crippen molar-refractivity contribution in [3.05, 3.63) is 28.0 Å². The van der Waals surface area contributed by atoms with E-state index in [-0.39, 0.29) is 0 Å². The van der Waals surface area contributed by atoms with Crippen LogP contribution >= 0.6 is 23.8 Å². The molecule has 2 aromatic rings. The van der Waals surface area contributed by atoms with Crippen LogP contribution in [0.4, 0.5) is 0 Å². The predicted molar refractivity (Wildman–Crippen MR) is 89.2 cm³/mol. The van der Waals surface area contributed by atoms with Gasteiger partial charge in [-0.3, -0.25) is 0 Å². The first-order chi connectivity index (χ1) is 9.38. The van der Waals surface area contributed by atoms with E-state index >= 15 is 0 Å². The van der Waals surface area contributed by atoms with Crippen molar-refractivity contribution >= 4 is 34.9 Å². The van der Waals surface area contributed by atoms with Gasteiger partial charge in [0.05, 0.1) is 11.0 Å². The summed E-state index contributed by atoms with van der Waals surface area (Å²) in [4.78, 5) is 5.49. The molecule has 1 N–H and O–H groups in total. The predicted octanol–water partition coefficient (Wildman–Crippen LogP) is 4.50. The SMILES string of the molecule is CC(C)CC(CN(C)C)n1c(=S)[nH]c2ccc(Cl)cc21. The zero-order valence-corrected chi connectivity index (χ0v) is 14.1. The lowest BCUT2D eigenvalue weighted by Crippen LogP contribution is -2.25. The number of rotatable bonds is 5. The Hall–Kier alpha value is -0.840. The summed E-state index contributed by atoms with van der Waals surface area (Å²) in [6, 6.07) is 6.23. The number of benzene rings is 1. The number of fused-ring (bicyclic) bond motifs is 1. The van der Waals surface area contributed by atoms with E-state index in [1.54, 1.807) is 0 Å².